The van der Waals surface area contributed by atoms with E-state index >= 15 is 0 Å². The van der Waals surface area contributed by atoms with Crippen LogP contribution >= 0.6 is 11.6 Å². The summed E-state index contributed by atoms with van der Waals surface area (Å²) in [5.41, 5.74) is 0.687. The number of hydrogen-bond donors (Lipinski definition) is 0. The van der Waals surface area contributed by atoms with Crippen LogP contribution in [-0.4, -0.2) is 41.9 Å². The summed E-state index contributed by atoms with van der Waals surface area (Å²) < 4.78 is 40.2. The molecule has 1 heterocycles. The first-order valence-electron chi connectivity index (χ1n) is 8.30. The fourth-order valence-electron chi connectivity index (χ4n) is 3.18. The highest BCUT2D eigenvalue weighted by Gasteiger charge is 2.27. The normalized spacial score (nSPS) is 16.6. The molecule has 1 amide bonds. The van der Waals surface area contributed by atoms with E-state index in [1.54, 1.807) is 4.90 Å². The number of halogens is 4. The van der Waals surface area contributed by atoms with Gasteiger partial charge in [0, 0.05) is 43.9 Å². The van der Waals surface area contributed by atoms with Crippen LogP contribution in [0, 0.1) is 17.5 Å². The van der Waals surface area contributed by atoms with Crippen LogP contribution in [0.25, 0.3) is 0 Å². The lowest BCUT2D eigenvalue weighted by atomic mass is 10.0. The van der Waals surface area contributed by atoms with Gasteiger partial charge in [-0.2, -0.15) is 0 Å². The molecule has 7 heteroatoms. The number of rotatable bonds is 3. The Morgan fingerprint density at radius 3 is 2.23 bits per heavy atom. The topological polar surface area (TPSA) is 23.6 Å². The molecular weight excluding hydrogens is 365 g/mol. The molecule has 1 aliphatic heterocycles. The summed E-state index contributed by atoms with van der Waals surface area (Å²) in [6.07, 6.45) is 0. The molecule has 3 rings (SSSR count). The van der Waals surface area contributed by atoms with E-state index in [-0.39, 0.29) is 22.5 Å². The highest BCUT2D eigenvalue weighted by Crippen LogP contribution is 2.26. The number of nitrogens with zero attached hydrogens (tertiary/aromatic N) is 2. The largest absolute Gasteiger partial charge is 0.336 e. The lowest BCUT2D eigenvalue weighted by Crippen LogP contribution is -2.49. The second-order valence-electron chi connectivity index (χ2n) is 6.29. The summed E-state index contributed by atoms with van der Waals surface area (Å²) in [5, 5.41) is 0.0826. The van der Waals surface area contributed by atoms with Gasteiger partial charge in [-0.1, -0.05) is 17.7 Å². The number of amides is 1. The summed E-state index contributed by atoms with van der Waals surface area (Å²) in [4.78, 5) is 16.2. The molecule has 2 aromatic carbocycles. The molecule has 3 nitrogen and oxygen atoms in total. The lowest BCUT2D eigenvalue weighted by Gasteiger charge is -2.38. The molecule has 0 spiro atoms. The van der Waals surface area contributed by atoms with E-state index < -0.39 is 17.5 Å². The predicted octanol–water partition coefficient (Wildman–Crippen LogP) is 4.28. The predicted molar refractivity (Wildman–Crippen MR) is 93.7 cm³/mol. The molecule has 1 atom stereocenters. The van der Waals surface area contributed by atoms with E-state index in [4.69, 9.17) is 11.6 Å². The van der Waals surface area contributed by atoms with Crippen LogP contribution in [-0.2, 0) is 0 Å². The van der Waals surface area contributed by atoms with Crippen LogP contribution in [0.5, 0.6) is 0 Å². The molecule has 0 aromatic heterocycles. The third kappa shape index (κ3) is 3.86. The SMILES string of the molecule is CC(c1ccc(F)cc1F)N1CCN(C(=O)c2ccc(F)cc2Cl)CC1. The molecule has 26 heavy (non-hydrogen) atoms. The molecule has 0 aliphatic carbocycles. The minimum atomic E-state index is -0.606. The maximum atomic E-state index is 14.0. The third-order valence-corrected chi connectivity index (χ3v) is 5.04. The Morgan fingerprint density at radius 1 is 1.00 bits per heavy atom. The van der Waals surface area contributed by atoms with E-state index in [1.165, 1.54) is 24.3 Å². The zero-order chi connectivity index (χ0) is 18.8. The van der Waals surface area contributed by atoms with Crippen LogP contribution in [0.3, 0.4) is 0 Å². The van der Waals surface area contributed by atoms with Gasteiger partial charge in [0.1, 0.15) is 17.5 Å². The van der Waals surface area contributed by atoms with Gasteiger partial charge in [-0.05, 0) is 31.2 Å². The van der Waals surface area contributed by atoms with E-state index in [2.05, 4.69) is 0 Å². The summed E-state index contributed by atoms with van der Waals surface area (Å²) in [6, 6.07) is 7.03. The average Bonchev–Trinajstić information content (AvgIpc) is 2.61. The van der Waals surface area contributed by atoms with Crippen LogP contribution in [0.4, 0.5) is 13.2 Å². The molecule has 0 N–H and O–H groups in total. The minimum Gasteiger partial charge on any atom is -0.336 e. The quantitative estimate of drug-likeness (QED) is 0.791. The second kappa shape index (κ2) is 7.68. The number of piperazine rings is 1. The highest BCUT2D eigenvalue weighted by atomic mass is 35.5. The standard InChI is InChI=1S/C19H18ClF3N2O/c1-12(15-4-2-14(22)11-18(15)23)24-6-8-25(9-7-24)19(26)16-5-3-13(21)10-17(16)20/h2-5,10-12H,6-9H2,1H3. The van der Waals surface area contributed by atoms with Crippen molar-refractivity contribution in [2.75, 3.05) is 26.2 Å². The van der Waals surface area contributed by atoms with Crippen molar-refractivity contribution in [3.8, 4) is 0 Å². The zero-order valence-corrected chi connectivity index (χ0v) is 14.9. The second-order valence-corrected chi connectivity index (χ2v) is 6.70. The van der Waals surface area contributed by atoms with Gasteiger partial charge in [0.15, 0.2) is 0 Å². The number of carbonyl (C=O) groups is 1. The fourth-order valence-corrected chi connectivity index (χ4v) is 3.43. The van der Waals surface area contributed by atoms with Crippen LogP contribution in [0.15, 0.2) is 36.4 Å². The van der Waals surface area contributed by atoms with Crippen molar-refractivity contribution in [3.63, 3.8) is 0 Å². The number of carbonyl (C=O) groups excluding carboxylic acids is 1. The fraction of sp³-hybridized carbons (Fsp3) is 0.316. The Balaban J connectivity index is 1.66. The van der Waals surface area contributed by atoms with Crippen molar-refractivity contribution in [2.45, 2.75) is 13.0 Å². The Bertz CT molecular complexity index is 822. The number of hydrogen-bond acceptors (Lipinski definition) is 2. The monoisotopic (exact) mass is 382 g/mol. The zero-order valence-electron chi connectivity index (χ0n) is 14.2. The van der Waals surface area contributed by atoms with Crippen LogP contribution < -0.4 is 0 Å². The smallest absolute Gasteiger partial charge is 0.255 e. The molecular formula is C19H18ClF3N2O. The van der Waals surface area contributed by atoms with Crippen LogP contribution in [0.2, 0.25) is 5.02 Å². The first-order valence-corrected chi connectivity index (χ1v) is 8.68. The van der Waals surface area contributed by atoms with Gasteiger partial charge in [-0.15, -0.1) is 0 Å². The van der Waals surface area contributed by atoms with Crippen molar-refractivity contribution < 1.29 is 18.0 Å². The van der Waals surface area contributed by atoms with Crippen molar-refractivity contribution in [3.05, 3.63) is 70.0 Å². The van der Waals surface area contributed by atoms with Gasteiger partial charge in [0.2, 0.25) is 0 Å². The van der Waals surface area contributed by atoms with Gasteiger partial charge in [-0.3, -0.25) is 9.69 Å². The minimum absolute atomic E-state index is 0.0826. The summed E-state index contributed by atoms with van der Waals surface area (Å²) in [5.74, 6) is -1.93. The summed E-state index contributed by atoms with van der Waals surface area (Å²) >= 11 is 5.96. The first kappa shape index (κ1) is 18.7. The Hall–Kier alpha value is -2.05. The molecule has 1 saturated heterocycles. The Morgan fingerprint density at radius 2 is 1.62 bits per heavy atom. The van der Waals surface area contributed by atoms with Crippen LogP contribution in [0.1, 0.15) is 28.9 Å². The van der Waals surface area contributed by atoms with Gasteiger partial charge >= 0.3 is 0 Å². The molecule has 0 saturated carbocycles. The van der Waals surface area contributed by atoms with Gasteiger partial charge < -0.3 is 4.90 Å². The number of benzene rings is 2. The average molecular weight is 383 g/mol. The molecule has 0 radical (unpaired) electrons. The summed E-state index contributed by atoms with van der Waals surface area (Å²) in [6.45, 7) is 3.83. The van der Waals surface area contributed by atoms with Crippen molar-refractivity contribution in [2.24, 2.45) is 0 Å². The lowest BCUT2D eigenvalue weighted by molar-refractivity contribution is 0.0579. The van der Waals surface area contributed by atoms with E-state index in [0.29, 0.717) is 31.7 Å². The Kier molecular flexibility index (Phi) is 5.53. The molecule has 1 fully saturated rings. The summed E-state index contributed by atoms with van der Waals surface area (Å²) in [7, 11) is 0. The van der Waals surface area contributed by atoms with E-state index in [9.17, 15) is 18.0 Å². The molecule has 1 aliphatic rings. The van der Waals surface area contributed by atoms with Crippen molar-refractivity contribution in [1.29, 1.82) is 0 Å². The van der Waals surface area contributed by atoms with Gasteiger partial charge in [0.25, 0.3) is 5.91 Å². The molecule has 0 bridgehead atoms. The Labute approximate surface area is 155 Å². The van der Waals surface area contributed by atoms with Crippen molar-refractivity contribution in [1.82, 2.24) is 9.80 Å². The van der Waals surface area contributed by atoms with Crippen molar-refractivity contribution >= 4 is 17.5 Å². The molecule has 1 unspecified atom stereocenters. The first-order chi connectivity index (χ1) is 12.4. The van der Waals surface area contributed by atoms with Gasteiger partial charge in [-0.25, -0.2) is 13.2 Å². The maximum Gasteiger partial charge on any atom is 0.255 e. The van der Waals surface area contributed by atoms with Gasteiger partial charge in [0.05, 0.1) is 10.6 Å². The molecule has 138 valence electrons. The molecule has 2 aromatic rings. The van der Waals surface area contributed by atoms with E-state index in [0.717, 1.165) is 12.1 Å². The maximum absolute atomic E-state index is 14.0. The van der Waals surface area contributed by atoms with E-state index in [1.807, 2.05) is 11.8 Å². The highest BCUT2D eigenvalue weighted by molar-refractivity contribution is 6.33. The third-order valence-electron chi connectivity index (χ3n) is 4.72.